The van der Waals surface area contributed by atoms with Gasteiger partial charge >= 0.3 is 18.3 Å². The van der Waals surface area contributed by atoms with E-state index < -0.39 is 53.6 Å². The Hall–Kier alpha value is -4.69. The van der Waals surface area contributed by atoms with Crippen LogP contribution >= 0.6 is 24.0 Å². The number of nitrogens with one attached hydrogen (secondary N) is 2. The number of halogens is 6. The monoisotopic (exact) mass is 770 g/mol. The summed E-state index contributed by atoms with van der Waals surface area (Å²) in [5.41, 5.74) is -0.939. The van der Waals surface area contributed by atoms with Gasteiger partial charge in [-0.05, 0) is 59.7 Å². The van der Waals surface area contributed by atoms with Gasteiger partial charge in [0.2, 0.25) is 5.91 Å². The van der Waals surface area contributed by atoms with Crippen molar-refractivity contribution in [2.75, 3.05) is 51.3 Å². The van der Waals surface area contributed by atoms with Crippen LogP contribution in [0.3, 0.4) is 0 Å². The lowest BCUT2D eigenvalue weighted by Gasteiger charge is -2.26. The van der Waals surface area contributed by atoms with Crippen molar-refractivity contribution in [3.63, 3.8) is 0 Å². The zero-order valence-corrected chi connectivity index (χ0v) is 28.3. The molecule has 0 aromatic heterocycles. The van der Waals surface area contributed by atoms with Crippen LogP contribution in [0.4, 0.5) is 32.0 Å². The number of carbonyl (C=O) groups is 3. The van der Waals surface area contributed by atoms with Crippen molar-refractivity contribution in [3.8, 4) is 22.6 Å². The van der Waals surface area contributed by atoms with Crippen LogP contribution < -0.4 is 15.5 Å². The average Bonchev–Trinajstić information content (AvgIpc) is 3.34. The number of morpholine rings is 1. The van der Waals surface area contributed by atoms with E-state index in [1.54, 1.807) is 0 Å². The number of hydrazine groups is 1. The number of carboxylic acids is 1. The Bertz CT molecular complexity index is 1880. The number of nitrogens with zero attached hydrogens (tertiary/aromatic N) is 2. The molecule has 52 heavy (non-hydrogen) atoms. The molecule has 0 saturated carbocycles. The molecule has 5 rings (SSSR count). The molecular formula is C33H28F6N4O7S2. The van der Waals surface area contributed by atoms with Crippen LogP contribution in [0.5, 0.6) is 11.5 Å². The molecule has 2 saturated heterocycles. The zero-order valence-electron chi connectivity index (χ0n) is 26.6. The second kappa shape index (κ2) is 15.9. The first kappa shape index (κ1) is 38.5. The third-order valence-electron chi connectivity index (χ3n) is 7.69. The summed E-state index contributed by atoms with van der Waals surface area (Å²) in [6.07, 6.45) is -8.79. The van der Waals surface area contributed by atoms with Crippen molar-refractivity contribution in [1.29, 1.82) is 0 Å². The third-order valence-corrected chi connectivity index (χ3v) is 8.99. The van der Waals surface area contributed by atoms with Gasteiger partial charge in [0.15, 0.2) is 4.32 Å². The van der Waals surface area contributed by atoms with Gasteiger partial charge in [0.25, 0.3) is 5.91 Å². The molecule has 0 spiro atoms. The molecule has 3 aromatic carbocycles. The molecular weight excluding hydrogens is 743 g/mol. The number of hydrogen-bond donors (Lipinski definition) is 4. The van der Waals surface area contributed by atoms with Gasteiger partial charge in [0.05, 0.1) is 35.8 Å². The Morgan fingerprint density at radius 1 is 0.962 bits per heavy atom. The molecule has 0 atom stereocenters. The normalized spacial score (nSPS) is 16.4. The molecule has 19 heteroatoms. The fourth-order valence-corrected chi connectivity index (χ4v) is 6.30. The van der Waals surface area contributed by atoms with Crippen molar-refractivity contribution in [2.45, 2.75) is 12.4 Å². The number of aromatic carboxylic acids is 1. The molecule has 2 fully saturated rings. The summed E-state index contributed by atoms with van der Waals surface area (Å²) < 4.78 is 93.1. The third kappa shape index (κ3) is 9.59. The SMILES string of the molecule is O=C(CNN1C(=O)/C(=C/c2cc(-c3cc(C(F)(F)F)cc(C(F)(F)F)c3)ccc2OCCN2CCOCC2)SC1=S)Nc1ccc(C(=O)O)c(O)c1. The number of carbonyl (C=O) groups excluding carboxylic acids is 2. The molecule has 0 aliphatic carbocycles. The molecule has 2 aliphatic rings. The predicted molar refractivity (Wildman–Crippen MR) is 181 cm³/mol. The fraction of sp³-hybridized carbons (Fsp3) is 0.273. The molecule has 3 aromatic rings. The summed E-state index contributed by atoms with van der Waals surface area (Å²) in [6.45, 7) is 2.57. The van der Waals surface area contributed by atoms with Gasteiger partial charge in [-0.3, -0.25) is 14.5 Å². The van der Waals surface area contributed by atoms with Crippen molar-refractivity contribution >= 4 is 57.8 Å². The molecule has 276 valence electrons. The van der Waals surface area contributed by atoms with E-state index in [0.717, 1.165) is 28.9 Å². The van der Waals surface area contributed by atoms with Gasteiger partial charge in [-0.25, -0.2) is 15.2 Å². The van der Waals surface area contributed by atoms with E-state index in [2.05, 4.69) is 15.6 Å². The molecule has 11 nitrogen and oxygen atoms in total. The number of phenols is 1. The lowest BCUT2D eigenvalue weighted by molar-refractivity contribution is -0.143. The molecule has 4 N–H and O–H groups in total. The molecule has 2 heterocycles. The maximum Gasteiger partial charge on any atom is 0.416 e. The maximum atomic E-state index is 13.6. The first-order valence-corrected chi connectivity index (χ1v) is 16.5. The van der Waals surface area contributed by atoms with Gasteiger partial charge in [0.1, 0.15) is 23.7 Å². The smallest absolute Gasteiger partial charge is 0.416 e. The molecule has 0 unspecified atom stereocenters. The number of aromatic hydroxyl groups is 1. The highest BCUT2D eigenvalue weighted by Gasteiger charge is 2.37. The van der Waals surface area contributed by atoms with E-state index in [1.807, 2.05) is 0 Å². The Balaban J connectivity index is 1.39. The molecule has 0 radical (unpaired) electrons. The number of carboxylic acid groups (broad SMARTS) is 1. The number of rotatable bonds is 11. The summed E-state index contributed by atoms with van der Waals surface area (Å²) >= 11 is 6.13. The number of hydrogen-bond acceptors (Lipinski definition) is 10. The van der Waals surface area contributed by atoms with E-state index in [4.69, 9.17) is 26.8 Å². The predicted octanol–water partition coefficient (Wildman–Crippen LogP) is 5.85. The lowest BCUT2D eigenvalue weighted by atomic mass is 9.97. The summed E-state index contributed by atoms with van der Waals surface area (Å²) in [6, 6.07) is 8.61. The zero-order chi connectivity index (χ0) is 37.8. The van der Waals surface area contributed by atoms with Crippen LogP contribution in [0.1, 0.15) is 27.0 Å². The summed E-state index contributed by atoms with van der Waals surface area (Å²) in [7, 11) is 0. The number of thiocarbonyl (C=S) groups is 1. The average molecular weight is 771 g/mol. The van der Waals surface area contributed by atoms with Crippen LogP contribution in [0.25, 0.3) is 17.2 Å². The molecule has 2 aliphatic heterocycles. The Morgan fingerprint density at radius 3 is 2.25 bits per heavy atom. The van der Waals surface area contributed by atoms with E-state index >= 15 is 0 Å². The highest BCUT2D eigenvalue weighted by molar-refractivity contribution is 8.26. The Labute approximate surface area is 301 Å². The number of benzene rings is 3. The maximum absolute atomic E-state index is 13.6. The van der Waals surface area contributed by atoms with Crippen molar-refractivity contribution < 1.29 is 60.4 Å². The summed E-state index contributed by atoms with van der Waals surface area (Å²) in [4.78, 5) is 39.1. The van der Waals surface area contributed by atoms with Gasteiger partial charge in [-0.2, -0.15) is 26.3 Å². The molecule has 0 bridgehead atoms. The van der Waals surface area contributed by atoms with Crippen LogP contribution in [-0.4, -0.2) is 88.2 Å². The second-order valence-corrected chi connectivity index (χ2v) is 13.0. The van der Waals surface area contributed by atoms with Crippen molar-refractivity contribution in [1.82, 2.24) is 15.3 Å². The van der Waals surface area contributed by atoms with E-state index in [1.165, 1.54) is 30.3 Å². The number of anilines is 1. The Kier molecular flexibility index (Phi) is 11.8. The summed E-state index contributed by atoms with van der Waals surface area (Å²) in [5.74, 6) is -3.17. The topological polar surface area (TPSA) is 141 Å². The van der Waals surface area contributed by atoms with Crippen LogP contribution in [0.2, 0.25) is 0 Å². The minimum absolute atomic E-state index is 0.00212. The van der Waals surface area contributed by atoms with Gasteiger partial charge in [-0.1, -0.05) is 30.0 Å². The number of ether oxygens (including phenoxy) is 2. The quantitative estimate of drug-likeness (QED) is 0.106. The number of alkyl halides is 6. The largest absolute Gasteiger partial charge is 0.507 e. The van der Waals surface area contributed by atoms with Crippen LogP contribution in [0, 0.1) is 0 Å². The van der Waals surface area contributed by atoms with E-state index in [9.17, 15) is 45.8 Å². The van der Waals surface area contributed by atoms with E-state index in [-0.39, 0.29) is 55.6 Å². The first-order chi connectivity index (χ1) is 24.5. The van der Waals surface area contributed by atoms with Crippen molar-refractivity contribution in [3.05, 3.63) is 81.8 Å². The highest BCUT2D eigenvalue weighted by atomic mass is 32.2. The Morgan fingerprint density at radius 2 is 1.63 bits per heavy atom. The van der Waals surface area contributed by atoms with Gasteiger partial charge in [-0.15, -0.1) is 0 Å². The van der Waals surface area contributed by atoms with Crippen molar-refractivity contribution in [2.24, 2.45) is 0 Å². The van der Waals surface area contributed by atoms with Gasteiger partial charge < -0.3 is 25.0 Å². The fourth-order valence-electron chi connectivity index (χ4n) is 5.09. The minimum atomic E-state index is -5.06. The van der Waals surface area contributed by atoms with Gasteiger partial charge in [0, 0.05) is 37.0 Å². The minimum Gasteiger partial charge on any atom is -0.507 e. The summed E-state index contributed by atoms with van der Waals surface area (Å²) in [5, 5.41) is 22.2. The number of thioether (sulfide) groups is 1. The van der Waals surface area contributed by atoms with Crippen LogP contribution in [0.15, 0.2) is 59.5 Å². The first-order valence-electron chi connectivity index (χ1n) is 15.2. The molecule has 2 amide bonds. The van der Waals surface area contributed by atoms with E-state index in [0.29, 0.717) is 45.0 Å². The van der Waals surface area contributed by atoms with Crippen LogP contribution in [-0.2, 0) is 26.7 Å². The second-order valence-electron chi connectivity index (χ2n) is 11.3. The number of amides is 2. The lowest BCUT2D eigenvalue weighted by Crippen LogP contribution is -2.44. The standard InChI is InChI=1S/C33H28F6N4O7S2/c34-32(35,36)21-12-19(13-22(15-21)33(37,38)39)18-1-4-26(50-10-7-42-5-8-49-9-6-42)20(11-18)14-27-29(46)43(31(51)52-27)40-17-28(45)41-23-2-3-24(30(47)48)25(44)16-23/h1-4,11-16,40,44H,5-10,17H2,(H,41,45)(H,47,48)/b27-14-. The highest BCUT2D eigenvalue weighted by Crippen LogP contribution is 2.40.